The number of ether oxygens (including phenoxy) is 1. The average Bonchev–Trinajstić information content (AvgIpc) is 3.30. The predicted octanol–water partition coefficient (Wildman–Crippen LogP) is 4.61. The van der Waals surface area contributed by atoms with Crippen molar-refractivity contribution < 1.29 is 19.0 Å². The minimum Gasteiger partial charge on any atom is -0.493 e. The van der Waals surface area contributed by atoms with Gasteiger partial charge in [0.05, 0.1) is 12.2 Å². The quantitative estimate of drug-likeness (QED) is 0.864. The molecule has 2 aliphatic carbocycles. The van der Waals surface area contributed by atoms with Gasteiger partial charge in [-0.1, -0.05) is 26.2 Å². The number of halogens is 1. The molecule has 2 aliphatic rings. The number of benzene rings is 1. The molecule has 0 heterocycles. The smallest absolute Gasteiger partial charge is 0.338 e. The van der Waals surface area contributed by atoms with Crippen LogP contribution in [0.1, 0.15) is 67.3 Å². The molecule has 3 rings (SSSR count). The molecule has 0 spiro atoms. The van der Waals surface area contributed by atoms with Crippen LogP contribution in [0.25, 0.3) is 0 Å². The Morgan fingerprint density at radius 2 is 2.00 bits per heavy atom. The maximum Gasteiger partial charge on any atom is 0.338 e. The summed E-state index contributed by atoms with van der Waals surface area (Å²) in [5, 5.41) is 9.07. The molecule has 1 N–H and O–H groups in total. The van der Waals surface area contributed by atoms with Gasteiger partial charge in [-0.2, -0.15) is 0 Å². The molecular formula is C18H23FO3. The van der Waals surface area contributed by atoms with E-state index >= 15 is 0 Å². The summed E-state index contributed by atoms with van der Waals surface area (Å²) in [5.41, 5.74) is 0.613. The summed E-state index contributed by atoms with van der Waals surface area (Å²) in [6.45, 7) is 2.86. The maximum atomic E-state index is 13.9. The van der Waals surface area contributed by atoms with E-state index in [-0.39, 0.29) is 5.56 Å². The zero-order valence-electron chi connectivity index (χ0n) is 13.0. The van der Waals surface area contributed by atoms with Gasteiger partial charge in [0.25, 0.3) is 0 Å². The highest BCUT2D eigenvalue weighted by Crippen LogP contribution is 2.45. The Morgan fingerprint density at radius 1 is 1.27 bits per heavy atom. The fourth-order valence-electron chi connectivity index (χ4n) is 3.41. The molecule has 0 amide bonds. The van der Waals surface area contributed by atoms with E-state index in [1.165, 1.54) is 31.4 Å². The number of hydrogen-bond donors (Lipinski definition) is 1. The minimum absolute atomic E-state index is 0.250. The number of hydrogen-bond acceptors (Lipinski definition) is 2. The highest BCUT2D eigenvalue weighted by molar-refractivity contribution is 5.88. The standard InChI is InChI=1S/C18H23FO3/c1-11-4-2-3-5-13(11)10-22-17-9-16(19)15(18(20)21)8-14(17)12-6-7-12/h8-9,11-13H,2-7,10H2,1H3,(H,20,21). The van der Waals surface area contributed by atoms with Gasteiger partial charge in [-0.05, 0) is 48.6 Å². The Hall–Kier alpha value is -1.58. The van der Waals surface area contributed by atoms with Gasteiger partial charge in [-0.25, -0.2) is 9.18 Å². The van der Waals surface area contributed by atoms with Crippen molar-refractivity contribution in [3.63, 3.8) is 0 Å². The first-order valence-corrected chi connectivity index (χ1v) is 8.25. The van der Waals surface area contributed by atoms with Gasteiger partial charge < -0.3 is 9.84 Å². The first kappa shape index (κ1) is 15.3. The minimum atomic E-state index is -1.22. The van der Waals surface area contributed by atoms with Crippen LogP contribution >= 0.6 is 0 Å². The lowest BCUT2D eigenvalue weighted by Gasteiger charge is -2.29. The zero-order chi connectivity index (χ0) is 15.7. The Kier molecular flexibility index (Phi) is 4.37. The number of carbonyl (C=O) groups is 1. The third kappa shape index (κ3) is 3.26. The molecule has 2 fully saturated rings. The monoisotopic (exact) mass is 306 g/mol. The van der Waals surface area contributed by atoms with E-state index in [2.05, 4.69) is 6.92 Å². The van der Waals surface area contributed by atoms with Crippen LogP contribution in [0.4, 0.5) is 4.39 Å². The van der Waals surface area contributed by atoms with Crippen molar-refractivity contribution in [2.45, 2.75) is 51.4 Å². The van der Waals surface area contributed by atoms with E-state index in [1.807, 2.05) is 0 Å². The van der Waals surface area contributed by atoms with E-state index in [0.717, 1.165) is 24.8 Å². The molecule has 4 heteroatoms. The lowest BCUT2D eigenvalue weighted by Crippen LogP contribution is -2.23. The first-order valence-electron chi connectivity index (χ1n) is 8.25. The van der Waals surface area contributed by atoms with Crippen LogP contribution in [0.2, 0.25) is 0 Å². The first-order chi connectivity index (χ1) is 10.6. The molecule has 2 saturated carbocycles. The van der Waals surface area contributed by atoms with Crippen molar-refractivity contribution in [1.82, 2.24) is 0 Å². The molecule has 1 aromatic carbocycles. The Labute approximate surface area is 130 Å². The summed E-state index contributed by atoms with van der Waals surface area (Å²) in [4.78, 5) is 11.1. The second-order valence-electron chi connectivity index (χ2n) is 6.78. The molecule has 120 valence electrons. The molecule has 0 aromatic heterocycles. The molecule has 0 bridgehead atoms. The second-order valence-corrected chi connectivity index (χ2v) is 6.78. The van der Waals surface area contributed by atoms with E-state index < -0.39 is 11.8 Å². The number of rotatable bonds is 5. The molecule has 2 atom stereocenters. The van der Waals surface area contributed by atoms with Crippen LogP contribution in [-0.4, -0.2) is 17.7 Å². The summed E-state index contributed by atoms with van der Waals surface area (Å²) in [7, 11) is 0. The van der Waals surface area contributed by atoms with Gasteiger partial charge in [-0.3, -0.25) is 0 Å². The zero-order valence-corrected chi connectivity index (χ0v) is 13.0. The summed E-state index contributed by atoms with van der Waals surface area (Å²) in [6.07, 6.45) is 6.97. The van der Waals surface area contributed by atoms with Gasteiger partial charge in [-0.15, -0.1) is 0 Å². The van der Waals surface area contributed by atoms with Crippen molar-refractivity contribution in [3.05, 3.63) is 29.1 Å². The number of carboxylic acids is 1. The summed E-state index contributed by atoms with van der Waals surface area (Å²) in [6, 6.07) is 2.74. The average molecular weight is 306 g/mol. The molecule has 3 nitrogen and oxygen atoms in total. The van der Waals surface area contributed by atoms with Crippen molar-refractivity contribution >= 4 is 5.97 Å². The highest BCUT2D eigenvalue weighted by atomic mass is 19.1. The van der Waals surface area contributed by atoms with Gasteiger partial charge in [0.2, 0.25) is 0 Å². The molecule has 0 aliphatic heterocycles. The van der Waals surface area contributed by atoms with Crippen LogP contribution in [-0.2, 0) is 0 Å². The van der Waals surface area contributed by atoms with Crippen molar-refractivity contribution in [1.29, 1.82) is 0 Å². The van der Waals surface area contributed by atoms with Crippen molar-refractivity contribution in [2.75, 3.05) is 6.61 Å². The van der Waals surface area contributed by atoms with Crippen LogP contribution in [0, 0.1) is 17.7 Å². The summed E-state index contributed by atoms with van der Waals surface area (Å²) < 4.78 is 19.9. The van der Waals surface area contributed by atoms with Crippen LogP contribution in [0.3, 0.4) is 0 Å². The Bertz CT molecular complexity index is 566. The fourth-order valence-corrected chi connectivity index (χ4v) is 3.41. The predicted molar refractivity (Wildman–Crippen MR) is 82.0 cm³/mol. The van der Waals surface area contributed by atoms with Gasteiger partial charge in [0.15, 0.2) is 0 Å². The third-order valence-electron chi connectivity index (χ3n) is 5.09. The van der Waals surface area contributed by atoms with Crippen LogP contribution in [0.5, 0.6) is 5.75 Å². The normalized spacial score (nSPS) is 25.0. The molecule has 0 radical (unpaired) electrons. The lowest BCUT2D eigenvalue weighted by molar-refractivity contribution is 0.0691. The summed E-state index contributed by atoms with van der Waals surface area (Å²) in [5.74, 6) is 0.111. The lowest BCUT2D eigenvalue weighted by atomic mass is 9.81. The molecule has 1 aromatic rings. The van der Waals surface area contributed by atoms with Gasteiger partial charge in [0, 0.05) is 6.07 Å². The highest BCUT2D eigenvalue weighted by Gasteiger charge is 2.30. The number of carboxylic acid groups (broad SMARTS) is 1. The van der Waals surface area contributed by atoms with Gasteiger partial charge in [0.1, 0.15) is 11.6 Å². The summed E-state index contributed by atoms with van der Waals surface area (Å²) >= 11 is 0. The molecule has 0 saturated heterocycles. The van der Waals surface area contributed by atoms with E-state index in [4.69, 9.17) is 9.84 Å². The maximum absolute atomic E-state index is 13.9. The largest absolute Gasteiger partial charge is 0.493 e. The molecular weight excluding hydrogens is 283 g/mol. The fraction of sp³-hybridized carbons (Fsp3) is 0.611. The van der Waals surface area contributed by atoms with Gasteiger partial charge >= 0.3 is 5.97 Å². The van der Waals surface area contributed by atoms with Crippen molar-refractivity contribution in [2.24, 2.45) is 11.8 Å². The SMILES string of the molecule is CC1CCCCC1COc1cc(F)c(C(=O)O)cc1C1CC1. The van der Waals surface area contributed by atoms with E-state index in [0.29, 0.717) is 30.1 Å². The molecule has 22 heavy (non-hydrogen) atoms. The topological polar surface area (TPSA) is 46.5 Å². The van der Waals surface area contributed by atoms with Crippen molar-refractivity contribution in [3.8, 4) is 5.75 Å². The Morgan fingerprint density at radius 3 is 2.64 bits per heavy atom. The third-order valence-corrected chi connectivity index (χ3v) is 5.09. The Balaban J connectivity index is 1.77. The second kappa shape index (κ2) is 6.27. The van der Waals surface area contributed by atoms with E-state index in [1.54, 1.807) is 0 Å². The molecule has 2 unspecified atom stereocenters. The van der Waals surface area contributed by atoms with Crippen LogP contribution < -0.4 is 4.74 Å². The van der Waals surface area contributed by atoms with E-state index in [9.17, 15) is 9.18 Å². The van der Waals surface area contributed by atoms with Crippen LogP contribution in [0.15, 0.2) is 12.1 Å². The number of aromatic carboxylic acids is 1.